The number of amides is 1. The van der Waals surface area contributed by atoms with Crippen molar-refractivity contribution in [3.05, 3.63) is 63.6 Å². The van der Waals surface area contributed by atoms with Crippen molar-refractivity contribution >= 4 is 37.5 Å². The van der Waals surface area contributed by atoms with E-state index < -0.39 is 10.0 Å². The third-order valence-electron chi connectivity index (χ3n) is 4.25. The number of nitrogens with zero attached hydrogens (tertiary/aromatic N) is 1. The minimum Gasteiger partial charge on any atom is -0.324 e. The van der Waals surface area contributed by atoms with E-state index in [1.165, 1.54) is 4.31 Å². The molecule has 0 bridgehead atoms. The van der Waals surface area contributed by atoms with Crippen molar-refractivity contribution in [2.45, 2.75) is 33.2 Å². The van der Waals surface area contributed by atoms with Crippen molar-refractivity contribution in [3.63, 3.8) is 0 Å². The Morgan fingerprint density at radius 3 is 2.33 bits per heavy atom. The number of anilines is 1. The maximum atomic E-state index is 12.6. The summed E-state index contributed by atoms with van der Waals surface area (Å²) in [7, 11) is -3.54. The first-order valence-electron chi connectivity index (χ1n) is 8.67. The largest absolute Gasteiger partial charge is 0.324 e. The highest BCUT2D eigenvalue weighted by Crippen LogP contribution is 2.27. The molecule has 0 atom stereocenters. The van der Waals surface area contributed by atoms with Crippen molar-refractivity contribution in [1.29, 1.82) is 0 Å². The molecule has 0 unspecified atom stereocenters. The van der Waals surface area contributed by atoms with Crippen molar-refractivity contribution < 1.29 is 13.2 Å². The summed E-state index contributed by atoms with van der Waals surface area (Å²) in [6, 6.07) is 13.2. The average Bonchev–Trinajstić information content (AvgIpc) is 2.57. The van der Waals surface area contributed by atoms with Gasteiger partial charge >= 0.3 is 0 Å². The molecule has 146 valence electrons. The summed E-state index contributed by atoms with van der Waals surface area (Å²) in [6.45, 7) is 5.95. The van der Waals surface area contributed by atoms with Gasteiger partial charge < -0.3 is 5.32 Å². The fraction of sp³-hybridized carbons (Fsp3) is 0.350. The fourth-order valence-corrected chi connectivity index (χ4v) is 3.76. The second-order valence-corrected chi connectivity index (χ2v) is 9.80. The van der Waals surface area contributed by atoms with Crippen molar-refractivity contribution in [2.24, 2.45) is 0 Å². The van der Waals surface area contributed by atoms with E-state index in [0.717, 1.165) is 33.1 Å². The lowest BCUT2D eigenvalue weighted by molar-refractivity contribution is -0.116. The number of nitrogens with one attached hydrogen (secondary N) is 1. The van der Waals surface area contributed by atoms with Gasteiger partial charge in [0.2, 0.25) is 15.9 Å². The number of hydrogen-bond donors (Lipinski definition) is 1. The molecular weight excluding hydrogens is 428 g/mol. The molecule has 2 aromatic rings. The van der Waals surface area contributed by atoms with Crippen LogP contribution in [-0.4, -0.2) is 31.4 Å². The van der Waals surface area contributed by atoms with Crippen LogP contribution in [0.5, 0.6) is 0 Å². The number of aryl methyl sites for hydroxylation is 1. The number of carbonyl (C=O) groups is 1. The summed E-state index contributed by atoms with van der Waals surface area (Å²) in [4.78, 5) is 12.6. The maximum absolute atomic E-state index is 12.6. The van der Waals surface area contributed by atoms with E-state index in [-0.39, 0.29) is 24.9 Å². The van der Waals surface area contributed by atoms with E-state index >= 15 is 0 Å². The lowest BCUT2D eigenvalue weighted by atomic mass is 9.98. The van der Waals surface area contributed by atoms with Crippen LogP contribution in [0.4, 0.5) is 5.69 Å². The van der Waals surface area contributed by atoms with Crippen molar-refractivity contribution in [1.82, 2.24) is 4.31 Å². The first-order valence-corrected chi connectivity index (χ1v) is 11.3. The summed E-state index contributed by atoms with van der Waals surface area (Å²) in [5.41, 5.74) is 3.56. The summed E-state index contributed by atoms with van der Waals surface area (Å²) in [6.07, 6.45) is 1.12. The average molecular weight is 453 g/mol. The summed E-state index contributed by atoms with van der Waals surface area (Å²) < 4.78 is 26.4. The minimum absolute atomic E-state index is 0.143. The third kappa shape index (κ3) is 6.16. The van der Waals surface area contributed by atoms with Gasteiger partial charge in [0.1, 0.15) is 0 Å². The Balaban J connectivity index is 2.19. The zero-order valence-corrected chi connectivity index (χ0v) is 18.4. The van der Waals surface area contributed by atoms with Gasteiger partial charge in [-0.2, -0.15) is 4.31 Å². The van der Waals surface area contributed by atoms with Crippen LogP contribution in [0.3, 0.4) is 0 Å². The van der Waals surface area contributed by atoms with Crippen molar-refractivity contribution in [3.8, 4) is 0 Å². The quantitative estimate of drug-likeness (QED) is 0.681. The van der Waals surface area contributed by atoms with Gasteiger partial charge in [-0.15, -0.1) is 0 Å². The second kappa shape index (κ2) is 8.99. The Morgan fingerprint density at radius 2 is 1.78 bits per heavy atom. The van der Waals surface area contributed by atoms with E-state index in [1.807, 2.05) is 49.4 Å². The topological polar surface area (TPSA) is 66.5 Å². The molecule has 5 nitrogen and oxygen atoms in total. The molecule has 0 saturated carbocycles. The molecule has 1 amide bonds. The molecule has 0 radical (unpaired) electrons. The highest BCUT2D eigenvalue weighted by atomic mass is 79.9. The van der Waals surface area contributed by atoms with Gasteiger partial charge in [0.25, 0.3) is 0 Å². The molecule has 2 aromatic carbocycles. The molecule has 0 heterocycles. The third-order valence-corrected chi connectivity index (χ3v) is 5.98. The molecule has 0 aromatic heterocycles. The van der Waals surface area contributed by atoms with Crippen LogP contribution in [0.15, 0.2) is 46.9 Å². The predicted molar refractivity (Wildman–Crippen MR) is 113 cm³/mol. The van der Waals surface area contributed by atoms with Crippen LogP contribution in [-0.2, 0) is 21.4 Å². The number of para-hydroxylation sites is 1. The number of carbonyl (C=O) groups excluding carboxylic acids is 1. The standard InChI is InChI=1S/C20H25BrN2O3S/c1-14(2)18-7-5-6-15(3)20(18)22-19(24)13-23(27(4,25)26)12-16-8-10-17(21)11-9-16/h5-11,14H,12-13H2,1-4H3,(H,22,24). The van der Waals surface area contributed by atoms with Crippen LogP contribution in [0.25, 0.3) is 0 Å². The Kier molecular flexibility index (Phi) is 7.19. The number of rotatable bonds is 7. The Labute approximate surface area is 170 Å². The molecule has 2 rings (SSSR count). The van der Waals surface area contributed by atoms with E-state index in [1.54, 1.807) is 0 Å². The van der Waals surface area contributed by atoms with E-state index in [9.17, 15) is 13.2 Å². The van der Waals surface area contributed by atoms with Crippen LogP contribution < -0.4 is 5.32 Å². The molecule has 0 aliphatic heterocycles. The van der Waals surface area contributed by atoms with Gasteiger partial charge in [0.15, 0.2) is 0 Å². The molecular formula is C20H25BrN2O3S. The normalized spacial score (nSPS) is 11.8. The molecule has 1 N–H and O–H groups in total. The first kappa shape index (κ1) is 21.6. The molecule has 7 heteroatoms. The van der Waals surface area contributed by atoms with Gasteiger partial charge in [-0.3, -0.25) is 4.79 Å². The van der Waals surface area contributed by atoms with Crippen LogP contribution in [0.2, 0.25) is 0 Å². The second-order valence-electron chi connectivity index (χ2n) is 6.90. The minimum atomic E-state index is -3.54. The van der Waals surface area contributed by atoms with E-state index in [2.05, 4.69) is 35.1 Å². The first-order chi connectivity index (χ1) is 12.6. The van der Waals surface area contributed by atoms with Gasteiger partial charge in [-0.25, -0.2) is 8.42 Å². The lowest BCUT2D eigenvalue weighted by Gasteiger charge is -2.21. The Morgan fingerprint density at radius 1 is 1.15 bits per heavy atom. The molecule has 0 spiro atoms. The molecule has 0 saturated heterocycles. The van der Waals surface area contributed by atoms with Crippen LogP contribution in [0.1, 0.15) is 36.5 Å². The smallest absolute Gasteiger partial charge is 0.239 e. The lowest BCUT2D eigenvalue weighted by Crippen LogP contribution is -2.37. The zero-order chi connectivity index (χ0) is 20.2. The predicted octanol–water partition coefficient (Wildman–Crippen LogP) is 4.28. The number of benzene rings is 2. The number of hydrogen-bond acceptors (Lipinski definition) is 3. The maximum Gasteiger partial charge on any atom is 0.239 e. The van der Waals surface area contributed by atoms with Gasteiger partial charge in [-0.1, -0.05) is 60.1 Å². The monoisotopic (exact) mass is 452 g/mol. The van der Waals surface area contributed by atoms with Crippen LogP contribution in [0, 0.1) is 6.92 Å². The highest BCUT2D eigenvalue weighted by Gasteiger charge is 2.22. The SMILES string of the molecule is Cc1cccc(C(C)C)c1NC(=O)CN(Cc1ccc(Br)cc1)S(C)(=O)=O. The highest BCUT2D eigenvalue weighted by molar-refractivity contribution is 9.10. The van der Waals surface area contributed by atoms with Gasteiger partial charge in [0.05, 0.1) is 12.8 Å². The Bertz CT molecular complexity index is 909. The number of halogens is 1. The summed E-state index contributed by atoms with van der Waals surface area (Å²) in [5.74, 6) is -0.109. The van der Waals surface area contributed by atoms with E-state index in [4.69, 9.17) is 0 Å². The molecule has 0 aliphatic rings. The summed E-state index contributed by atoms with van der Waals surface area (Å²) >= 11 is 3.36. The summed E-state index contributed by atoms with van der Waals surface area (Å²) in [5, 5.41) is 2.91. The molecule has 0 fully saturated rings. The van der Waals surface area contributed by atoms with Crippen molar-refractivity contribution in [2.75, 3.05) is 18.1 Å². The van der Waals surface area contributed by atoms with Gasteiger partial charge in [-0.05, 0) is 41.7 Å². The molecule has 0 aliphatic carbocycles. The zero-order valence-electron chi connectivity index (χ0n) is 16.0. The molecule has 27 heavy (non-hydrogen) atoms. The fourth-order valence-electron chi connectivity index (χ4n) is 2.77. The Hall–Kier alpha value is -1.70. The number of sulfonamides is 1. The van der Waals surface area contributed by atoms with E-state index in [0.29, 0.717) is 0 Å². The van der Waals surface area contributed by atoms with Gasteiger partial charge in [0, 0.05) is 16.7 Å². The van der Waals surface area contributed by atoms with Crippen LogP contribution >= 0.6 is 15.9 Å².